The molecule has 0 unspecified atom stereocenters. The predicted octanol–water partition coefficient (Wildman–Crippen LogP) is 3.48. The minimum Gasteiger partial charge on any atom is -0.365 e. The van der Waals surface area contributed by atoms with E-state index in [4.69, 9.17) is 0 Å². The first kappa shape index (κ1) is 12.7. The van der Waals surface area contributed by atoms with Crippen molar-refractivity contribution in [2.24, 2.45) is 0 Å². The molecule has 0 saturated heterocycles. The zero-order chi connectivity index (χ0) is 13.1. The number of aldehydes is 1. The monoisotopic (exact) mass is 267 g/mol. The average Bonchev–Trinajstić information content (AvgIpc) is 2.80. The number of hydrogen-bond acceptors (Lipinski definition) is 3. The van der Waals surface area contributed by atoms with E-state index in [-0.39, 0.29) is 11.3 Å². The quantitative estimate of drug-likeness (QED) is 0.790. The van der Waals surface area contributed by atoms with Gasteiger partial charge in [-0.1, -0.05) is 6.07 Å². The predicted molar refractivity (Wildman–Crippen MR) is 68.2 cm³/mol. The van der Waals surface area contributed by atoms with Gasteiger partial charge in [0.15, 0.2) is 0 Å². The van der Waals surface area contributed by atoms with Crippen molar-refractivity contribution in [1.82, 2.24) is 0 Å². The van der Waals surface area contributed by atoms with Crippen LogP contribution in [0.3, 0.4) is 0 Å². The van der Waals surface area contributed by atoms with Gasteiger partial charge in [0.1, 0.15) is 23.6 Å². The standard InChI is InChI=1S/C13H11F2NOS/c1-16(7-10-3-2-4-18-10)13-11(14)5-9(8-17)6-12(13)15/h2-6,8H,7H2,1H3. The summed E-state index contributed by atoms with van der Waals surface area (Å²) < 4.78 is 27.5. The molecule has 2 aromatic rings. The SMILES string of the molecule is CN(Cc1cccs1)c1c(F)cc(C=O)cc1F. The number of rotatable bonds is 4. The van der Waals surface area contributed by atoms with Gasteiger partial charge in [0.25, 0.3) is 0 Å². The Morgan fingerprint density at radius 2 is 2.00 bits per heavy atom. The largest absolute Gasteiger partial charge is 0.365 e. The zero-order valence-electron chi connectivity index (χ0n) is 9.69. The summed E-state index contributed by atoms with van der Waals surface area (Å²) in [4.78, 5) is 13.0. The van der Waals surface area contributed by atoms with E-state index in [0.29, 0.717) is 12.8 Å². The van der Waals surface area contributed by atoms with Crippen molar-refractivity contribution in [1.29, 1.82) is 0 Å². The minimum atomic E-state index is -0.726. The van der Waals surface area contributed by atoms with Crippen molar-refractivity contribution in [2.45, 2.75) is 6.54 Å². The van der Waals surface area contributed by atoms with Crippen LogP contribution >= 0.6 is 11.3 Å². The van der Waals surface area contributed by atoms with Gasteiger partial charge in [0.05, 0.1) is 6.54 Å². The van der Waals surface area contributed by atoms with Crippen LogP contribution in [0.5, 0.6) is 0 Å². The fraction of sp³-hybridized carbons (Fsp3) is 0.154. The Bertz CT molecular complexity index is 531. The van der Waals surface area contributed by atoms with Crippen LogP contribution in [0, 0.1) is 11.6 Å². The molecule has 1 aromatic heterocycles. The number of carbonyl (C=O) groups is 1. The van der Waals surface area contributed by atoms with E-state index in [0.717, 1.165) is 17.0 Å². The fourth-order valence-electron chi connectivity index (χ4n) is 1.73. The fourth-order valence-corrected chi connectivity index (χ4v) is 2.49. The Kier molecular flexibility index (Phi) is 3.72. The van der Waals surface area contributed by atoms with Crippen molar-refractivity contribution in [3.8, 4) is 0 Å². The smallest absolute Gasteiger partial charge is 0.150 e. The summed E-state index contributed by atoms with van der Waals surface area (Å²) in [5.74, 6) is -1.45. The molecular weight excluding hydrogens is 256 g/mol. The molecule has 94 valence electrons. The highest BCUT2D eigenvalue weighted by Gasteiger charge is 2.15. The van der Waals surface area contributed by atoms with Gasteiger partial charge >= 0.3 is 0 Å². The van der Waals surface area contributed by atoms with Crippen LogP contribution in [0.15, 0.2) is 29.6 Å². The van der Waals surface area contributed by atoms with Crippen LogP contribution in [0.2, 0.25) is 0 Å². The van der Waals surface area contributed by atoms with Gasteiger partial charge in [-0.05, 0) is 23.6 Å². The van der Waals surface area contributed by atoms with E-state index in [1.807, 2.05) is 17.5 Å². The number of hydrogen-bond donors (Lipinski definition) is 0. The molecule has 0 atom stereocenters. The van der Waals surface area contributed by atoms with Crippen LogP contribution in [0.25, 0.3) is 0 Å². The third-order valence-corrected chi connectivity index (χ3v) is 3.39. The summed E-state index contributed by atoms with van der Waals surface area (Å²) in [5.41, 5.74) is -0.118. The second-order valence-corrected chi connectivity index (χ2v) is 4.92. The summed E-state index contributed by atoms with van der Waals surface area (Å²) in [5, 5.41) is 1.91. The molecule has 0 fully saturated rings. The Morgan fingerprint density at radius 1 is 1.33 bits per heavy atom. The maximum atomic E-state index is 13.7. The van der Waals surface area contributed by atoms with Crippen molar-refractivity contribution >= 4 is 23.3 Å². The van der Waals surface area contributed by atoms with Crippen LogP contribution in [-0.4, -0.2) is 13.3 Å². The third kappa shape index (κ3) is 2.56. The van der Waals surface area contributed by atoms with E-state index in [1.54, 1.807) is 7.05 Å². The molecule has 0 aliphatic rings. The zero-order valence-corrected chi connectivity index (χ0v) is 10.5. The van der Waals surface area contributed by atoms with Crippen LogP contribution in [0.4, 0.5) is 14.5 Å². The van der Waals surface area contributed by atoms with Gasteiger partial charge in [-0.3, -0.25) is 4.79 Å². The topological polar surface area (TPSA) is 20.3 Å². The van der Waals surface area contributed by atoms with Crippen molar-refractivity contribution < 1.29 is 13.6 Å². The normalized spacial score (nSPS) is 10.4. The molecule has 0 N–H and O–H groups in total. The number of anilines is 1. The lowest BCUT2D eigenvalue weighted by atomic mass is 10.2. The first-order valence-electron chi connectivity index (χ1n) is 5.29. The Balaban J connectivity index is 2.30. The number of carbonyl (C=O) groups excluding carboxylic acids is 1. The van der Waals surface area contributed by atoms with Crippen LogP contribution in [0.1, 0.15) is 15.2 Å². The van der Waals surface area contributed by atoms with Crippen LogP contribution in [-0.2, 0) is 6.54 Å². The lowest BCUT2D eigenvalue weighted by Gasteiger charge is -2.20. The summed E-state index contributed by atoms with van der Waals surface area (Å²) >= 11 is 1.52. The number of nitrogens with zero attached hydrogens (tertiary/aromatic N) is 1. The average molecular weight is 267 g/mol. The van der Waals surface area contributed by atoms with Crippen LogP contribution < -0.4 is 4.90 Å². The number of benzene rings is 1. The van der Waals surface area contributed by atoms with E-state index in [2.05, 4.69) is 0 Å². The Morgan fingerprint density at radius 3 is 2.50 bits per heavy atom. The highest BCUT2D eigenvalue weighted by molar-refractivity contribution is 7.09. The van der Waals surface area contributed by atoms with Gasteiger partial charge in [-0.2, -0.15) is 0 Å². The number of thiophene rings is 1. The van der Waals surface area contributed by atoms with Crippen molar-refractivity contribution in [3.63, 3.8) is 0 Å². The first-order chi connectivity index (χ1) is 8.61. The molecule has 5 heteroatoms. The van der Waals surface area contributed by atoms with Gasteiger partial charge in [0, 0.05) is 17.5 Å². The molecule has 2 nitrogen and oxygen atoms in total. The van der Waals surface area contributed by atoms with Gasteiger partial charge < -0.3 is 4.90 Å². The van der Waals surface area contributed by atoms with Crippen molar-refractivity contribution in [3.05, 3.63) is 51.7 Å². The van der Waals surface area contributed by atoms with E-state index in [1.165, 1.54) is 16.2 Å². The third-order valence-electron chi connectivity index (χ3n) is 2.53. The highest BCUT2D eigenvalue weighted by Crippen LogP contribution is 2.25. The first-order valence-corrected chi connectivity index (χ1v) is 6.17. The molecule has 18 heavy (non-hydrogen) atoms. The van der Waals surface area contributed by atoms with E-state index < -0.39 is 11.6 Å². The maximum Gasteiger partial charge on any atom is 0.150 e. The maximum absolute atomic E-state index is 13.7. The lowest BCUT2D eigenvalue weighted by Crippen LogP contribution is -2.18. The lowest BCUT2D eigenvalue weighted by molar-refractivity contribution is 0.112. The van der Waals surface area contributed by atoms with Gasteiger partial charge in [-0.25, -0.2) is 8.78 Å². The minimum absolute atomic E-state index is 0.00160. The molecule has 2 rings (SSSR count). The molecular formula is C13H11F2NOS. The van der Waals surface area contributed by atoms with Gasteiger partial charge in [0.2, 0.25) is 0 Å². The summed E-state index contributed by atoms with van der Waals surface area (Å²) in [6, 6.07) is 5.86. The highest BCUT2D eigenvalue weighted by atomic mass is 32.1. The Hall–Kier alpha value is -1.75. The summed E-state index contributed by atoms with van der Waals surface area (Å²) in [6.07, 6.45) is 0.426. The summed E-state index contributed by atoms with van der Waals surface area (Å²) in [6.45, 7) is 0.423. The molecule has 0 spiro atoms. The number of halogens is 2. The Labute approximate surface area is 107 Å². The molecule has 0 aliphatic carbocycles. The molecule has 0 radical (unpaired) electrons. The molecule has 0 aliphatic heterocycles. The summed E-state index contributed by atoms with van der Waals surface area (Å²) in [7, 11) is 1.61. The molecule has 0 bridgehead atoms. The van der Waals surface area contributed by atoms with E-state index in [9.17, 15) is 13.6 Å². The molecule has 0 amide bonds. The molecule has 1 aromatic carbocycles. The second-order valence-electron chi connectivity index (χ2n) is 3.89. The van der Waals surface area contributed by atoms with Crippen molar-refractivity contribution in [2.75, 3.05) is 11.9 Å². The second kappa shape index (κ2) is 5.27. The molecule has 1 heterocycles. The molecule has 0 saturated carbocycles. The van der Waals surface area contributed by atoms with E-state index >= 15 is 0 Å². The van der Waals surface area contributed by atoms with Gasteiger partial charge in [-0.15, -0.1) is 11.3 Å².